The van der Waals surface area contributed by atoms with E-state index in [1.54, 1.807) is 0 Å². The van der Waals surface area contributed by atoms with Gasteiger partial charge in [0.15, 0.2) is 11.6 Å². The SMILES string of the molecule is CC12CC(=O)[C@@]3(Br)C(CCC4=CC(=O)CCC43C)C1CC[C@]2(C)O. The lowest BCUT2D eigenvalue weighted by atomic mass is 9.46. The molecule has 4 aliphatic carbocycles. The standard InChI is InChI=1S/C20H27BrO3/c1-17-8-6-13(22)10-12(17)4-5-15-14-7-9-19(3,24)18(14,2)11-16(23)20(15,17)21/h10,14-15,24H,4-9,11H2,1-3H3/t14?,15?,17?,18?,19-,20-/m0/s1. The van der Waals surface area contributed by atoms with Gasteiger partial charge in [0.1, 0.15) is 0 Å². The zero-order chi connectivity index (χ0) is 17.5. The number of hydrogen-bond donors (Lipinski definition) is 1. The summed E-state index contributed by atoms with van der Waals surface area (Å²) in [6.07, 6.45) is 7.14. The third-order valence-electron chi connectivity index (χ3n) is 8.36. The average Bonchev–Trinajstić information content (AvgIpc) is 2.72. The normalized spacial score (nSPS) is 54.0. The highest BCUT2D eigenvalue weighted by Crippen LogP contribution is 2.70. The summed E-state index contributed by atoms with van der Waals surface area (Å²) in [5.74, 6) is 1.04. The summed E-state index contributed by atoms with van der Waals surface area (Å²) < 4.78 is -0.574. The summed E-state index contributed by atoms with van der Waals surface area (Å²) in [5.41, 5.74) is -0.194. The molecule has 4 rings (SSSR count). The van der Waals surface area contributed by atoms with Gasteiger partial charge in [-0.25, -0.2) is 0 Å². The van der Waals surface area contributed by atoms with Crippen molar-refractivity contribution in [1.29, 1.82) is 0 Å². The van der Waals surface area contributed by atoms with E-state index in [0.29, 0.717) is 18.8 Å². The topological polar surface area (TPSA) is 54.4 Å². The monoisotopic (exact) mass is 394 g/mol. The minimum atomic E-state index is -0.763. The van der Waals surface area contributed by atoms with E-state index in [1.807, 2.05) is 13.0 Å². The number of Topliss-reactive ketones (excluding diaryl/α,β-unsaturated/α-hetero) is 1. The Morgan fingerprint density at radius 3 is 2.50 bits per heavy atom. The Morgan fingerprint density at radius 2 is 1.79 bits per heavy atom. The van der Waals surface area contributed by atoms with Crippen LogP contribution in [-0.2, 0) is 9.59 Å². The Bertz CT molecular complexity index is 666. The Kier molecular flexibility index (Phi) is 3.41. The Labute approximate surface area is 152 Å². The van der Waals surface area contributed by atoms with Gasteiger partial charge in [-0.05, 0) is 56.9 Å². The molecule has 3 fully saturated rings. The largest absolute Gasteiger partial charge is 0.390 e. The van der Waals surface area contributed by atoms with Crippen molar-refractivity contribution in [3.05, 3.63) is 11.6 Å². The van der Waals surface area contributed by atoms with Crippen LogP contribution < -0.4 is 0 Å². The molecule has 0 bridgehead atoms. The first-order valence-electron chi connectivity index (χ1n) is 9.25. The van der Waals surface area contributed by atoms with Gasteiger partial charge in [-0.3, -0.25) is 9.59 Å². The molecule has 0 heterocycles. The van der Waals surface area contributed by atoms with Crippen molar-refractivity contribution in [3.8, 4) is 0 Å². The van der Waals surface area contributed by atoms with Gasteiger partial charge in [0, 0.05) is 23.7 Å². The molecule has 0 amide bonds. The van der Waals surface area contributed by atoms with Crippen LogP contribution in [0.3, 0.4) is 0 Å². The van der Waals surface area contributed by atoms with Crippen molar-refractivity contribution in [2.75, 3.05) is 0 Å². The molecule has 4 unspecified atom stereocenters. The van der Waals surface area contributed by atoms with Crippen molar-refractivity contribution in [1.82, 2.24) is 0 Å². The maximum Gasteiger partial charge on any atom is 0.155 e. The first-order valence-corrected chi connectivity index (χ1v) is 10.0. The molecule has 132 valence electrons. The lowest BCUT2D eigenvalue weighted by Crippen LogP contribution is -2.66. The number of ketones is 2. The number of halogens is 1. The fourth-order valence-corrected chi connectivity index (χ4v) is 7.65. The van der Waals surface area contributed by atoms with E-state index < -0.39 is 9.93 Å². The molecule has 0 aromatic heterocycles. The summed E-state index contributed by atoms with van der Waals surface area (Å²) in [6, 6.07) is 0. The van der Waals surface area contributed by atoms with E-state index in [2.05, 4.69) is 29.8 Å². The minimum Gasteiger partial charge on any atom is -0.390 e. The predicted octanol–water partition coefficient (Wildman–Crippen LogP) is 3.97. The number of allylic oxidation sites excluding steroid dienone is 1. The van der Waals surface area contributed by atoms with Gasteiger partial charge in [-0.15, -0.1) is 0 Å². The van der Waals surface area contributed by atoms with Gasteiger partial charge >= 0.3 is 0 Å². The molecule has 6 atom stereocenters. The number of fused-ring (bicyclic) bond motifs is 5. The van der Waals surface area contributed by atoms with Gasteiger partial charge in [0.05, 0.1) is 9.93 Å². The van der Waals surface area contributed by atoms with Crippen LogP contribution in [0.25, 0.3) is 0 Å². The Hall–Kier alpha value is -0.480. The van der Waals surface area contributed by atoms with Crippen molar-refractivity contribution >= 4 is 27.5 Å². The molecule has 0 spiro atoms. The zero-order valence-corrected chi connectivity index (χ0v) is 16.4. The van der Waals surface area contributed by atoms with Gasteiger partial charge in [0.2, 0.25) is 0 Å². The molecule has 1 N–H and O–H groups in total. The molecule has 0 aliphatic heterocycles. The van der Waals surface area contributed by atoms with E-state index in [4.69, 9.17) is 0 Å². The highest BCUT2D eigenvalue weighted by atomic mass is 79.9. The Balaban J connectivity index is 1.84. The van der Waals surface area contributed by atoms with E-state index in [0.717, 1.165) is 37.7 Å². The van der Waals surface area contributed by atoms with Crippen molar-refractivity contribution in [2.45, 2.75) is 75.6 Å². The summed E-state index contributed by atoms with van der Waals surface area (Å²) in [5, 5.41) is 10.9. The maximum absolute atomic E-state index is 13.5. The second-order valence-corrected chi connectivity index (χ2v) is 10.5. The third-order valence-corrected chi connectivity index (χ3v) is 10.3. The molecule has 0 radical (unpaired) electrons. The van der Waals surface area contributed by atoms with E-state index in [9.17, 15) is 14.7 Å². The quantitative estimate of drug-likeness (QED) is 0.632. The van der Waals surface area contributed by atoms with Gasteiger partial charge < -0.3 is 5.11 Å². The first-order chi connectivity index (χ1) is 11.1. The fourth-order valence-electron chi connectivity index (χ4n) is 6.50. The molecular weight excluding hydrogens is 368 g/mol. The molecular formula is C20H27BrO3. The smallest absolute Gasteiger partial charge is 0.155 e. The number of hydrogen-bond acceptors (Lipinski definition) is 3. The summed E-state index contributed by atoms with van der Waals surface area (Å²) >= 11 is 3.97. The molecule has 3 nitrogen and oxygen atoms in total. The minimum absolute atomic E-state index is 0.203. The lowest BCUT2D eigenvalue weighted by molar-refractivity contribution is -0.151. The van der Waals surface area contributed by atoms with E-state index >= 15 is 0 Å². The molecule has 4 heteroatoms. The molecule has 3 saturated carbocycles. The second-order valence-electron chi connectivity index (χ2n) is 9.26. The Morgan fingerprint density at radius 1 is 1.08 bits per heavy atom. The number of rotatable bonds is 0. The van der Waals surface area contributed by atoms with Crippen LogP contribution in [-0.4, -0.2) is 26.6 Å². The molecule has 0 aromatic rings. The summed E-state index contributed by atoms with van der Waals surface area (Å²) in [6.45, 7) is 6.21. The zero-order valence-electron chi connectivity index (χ0n) is 14.8. The molecule has 24 heavy (non-hydrogen) atoms. The van der Waals surface area contributed by atoms with Crippen LogP contribution in [0.1, 0.15) is 65.7 Å². The second kappa shape index (κ2) is 4.82. The predicted molar refractivity (Wildman–Crippen MR) is 95.9 cm³/mol. The van der Waals surface area contributed by atoms with Crippen LogP contribution in [0.4, 0.5) is 0 Å². The average molecular weight is 395 g/mol. The molecule has 0 saturated heterocycles. The highest BCUT2D eigenvalue weighted by molar-refractivity contribution is 9.10. The number of alkyl halides is 1. The van der Waals surface area contributed by atoms with Crippen LogP contribution in [0.15, 0.2) is 11.6 Å². The summed E-state index contributed by atoms with van der Waals surface area (Å²) in [7, 11) is 0. The van der Waals surface area contributed by atoms with Crippen molar-refractivity contribution in [2.24, 2.45) is 22.7 Å². The van der Waals surface area contributed by atoms with E-state index in [-0.39, 0.29) is 28.3 Å². The van der Waals surface area contributed by atoms with Crippen LogP contribution in [0.5, 0.6) is 0 Å². The molecule has 4 aliphatic rings. The van der Waals surface area contributed by atoms with Gasteiger partial charge in [-0.2, -0.15) is 0 Å². The number of carbonyl (C=O) groups is 2. The van der Waals surface area contributed by atoms with Gasteiger partial charge in [-0.1, -0.05) is 35.4 Å². The highest BCUT2D eigenvalue weighted by Gasteiger charge is 2.71. The van der Waals surface area contributed by atoms with Crippen molar-refractivity contribution < 1.29 is 14.7 Å². The van der Waals surface area contributed by atoms with Crippen LogP contribution in [0, 0.1) is 22.7 Å². The summed E-state index contributed by atoms with van der Waals surface area (Å²) in [4.78, 5) is 25.4. The first kappa shape index (κ1) is 17.0. The van der Waals surface area contributed by atoms with Crippen LogP contribution in [0.2, 0.25) is 0 Å². The number of carbonyl (C=O) groups excluding carboxylic acids is 2. The third kappa shape index (κ3) is 1.77. The molecule has 0 aromatic carbocycles. The van der Waals surface area contributed by atoms with Crippen molar-refractivity contribution in [3.63, 3.8) is 0 Å². The fraction of sp³-hybridized carbons (Fsp3) is 0.800. The number of aliphatic hydroxyl groups is 1. The van der Waals surface area contributed by atoms with Gasteiger partial charge in [0.25, 0.3) is 0 Å². The lowest BCUT2D eigenvalue weighted by Gasteiger charge is -2.62. The van der Waals surface area contributed by atoms with E-state index in [1.165, 1.54) is 0 Å². The maximum atomic E-state index is 13.5. The van der Waals surface area contributed by atoms with Crippen LogP contribution >= 0.6 is 15.9 Å².